The second-order valence-electron chi connectivity index (χ2n) is 5.56. The van der Waals surface area contributed by atoms with Crippen molar-refractivity contribution in [2.45, 2.75) is 0 Å². The monoisotopic (exact) mass is 319 g/mol. The normalized spacial score (nSPS) is 11.1. The van der Waals surface area contributed by atoms with Crippen molar-refractivity contribution in [3.05, 3.63) is 72.2 Å². The third kappa shape index (κ3) is 2.07. The Bertz CT molecular complexity index is 1080. The molecule has 1 N–H and O–H groups in total. The predicted molar refractivity (Wildman–Crippen MR) is 92.5 cm³/mol. The number of H-pyrrole nitrogens is 1. The van der Waals surface area contributed by atoms with Crippen molar-refractivity contribution >= 4 is 27.6 Å². The molecule has 0 unspecified atom stereocenters. The van der Waals surface area contributed by atoms with Crippen LogP contribution in [0.25, 0.3) is 32.8 Å². The number of esters is 1. The zero-order valence-electron chi connectivity index (χ0n) is 13.0. The summed E-state index contributed by atoms with van der Waals surface area (Å²) in [5.74, 6) is -0.898. The molecule has 0 spiro atoms. The number of hydrogen-bond acceptors (Lipinski definition) is 2. The molecular formula is C20H14FNO2. The maximum atomic E-state index is 14.5. The molecule has 3 nitrogen and oxygen atoms in total. The Labute approximate surface area is 137 Å². The first-order valence-electron chi connectivity index (χ1n) is 7.57. The summed E-state index contributed by atoms with van der Waals surface area (Å²) in [5.41, 5.74) is 1.94. The molecule has 4 heteroatoms. The number of halogens is 1. The quantitative estimate of drug-likeness (QED) is 0.533. The van der Waals surface area contributed by atoms with Crippen molar-refractivity contribution < 1.29 is 13.9 Å². The number of ether oxygens (including phenoxy) is 1. The Kier molecular flexibility index (Phi) is 3.31. The highest BCUT2D eigenvalue weighted by Crippen LogP contribution is 2.38. The third-order valence-corrected chi connectivity index (χ3v) is 4.22. The van der Waals surface area contributed by atoms with Gasteiger partial charge in [-0.3, -0.25) is 0 Å². The van der Waals surface area contributed by atoms with Crippen molar-refractivity contribution in [3.8, 4) is 11.1 Å². The van der Waals surface area contributed by atoms with Gasteiger partial charge in [0.2, 0.25) is 0 Å². The average Bonchev–Trinajstić information content (AvgIpc) is 3.01. The fourth-order valence-electron chi connectivity index (χ4n) is 3.16. The summed E-state index contributed by atoms with van der Waals surface area (Å²) >= 11 is 0. The second kappa shape index (κ2) is 5.49. The van der Waals surface area contributed by atoms with Crippen LogP contribution in [0.2, 0.25) is 0 Å². The average molecular weight is 319 g/mol. The summed E-state index contributed by atoms with van der Waals surface area (Å²) in [6.07, 6.45) is 0. The van der Waals surface area contributed by atoms with E-state index in [0.29, 0.717) is 11.1 Å². The maximum absolute atomic E-state index is 14.5. The van der Waals surface area contributed by atoms with Crippen molar-refractivity contribution in [1.82, 2.24) is 4.98 Å². The van der Waals surface area contributed by atoms with E-state index in [1.165, 1.54) is 13.2 Å². The maximum Gasteiger partial charge on any atom is 0.355 e. The molecule has 0 radical (unpaired) electrons. The van der Waals surface area contributed by atoms with Gasteiger partial charge in [0.15, 0.2) is 0 Å². The molecule has 1 heterocycles. The minimum Gasteiger partial charge on any atom is -0.464 e. The first kappa shape index (κ1) is 14.5. The Morgan fingerprint density at radius 3 is 2.54 bits per heavy atom. The van der Waals surface area contributed by atoms with Crippen molar-refractivity contribution in [2.24, 2.45) is 0 Å². The predicted octanol–water partition coefficient (Wildman–Crippen LogP) is 4.91. The molecule has 0 saturated carbocycles. The summed E-state index contributed by atoms with van der Waals surface area (Å²) in [5, 5.41) is 2.80. The molecule has 0 fully saturated rings. The standard InChI is InChI=1S/C20H14FNO2/c1-24-20(23)19-18(14-8-4-5-9-15(14)21)17-13-7-3-2-6-12(13)10-11-16(17)22-19/h2-11,22H,1H3. The van der Waals surface area contributed by atoms with Gasteiger partial charge in [-0.05, 0) is 22.9 Å². The number of aromatic nitrogens is 1. The lowest BCUT2D eigenvalue weighted by Gasteiger charge is -2.07. The van der Waals surface area contributed by atoms with E-state index in [1.54, 1.807) is 18.2 Å². The highest BCUT2D eigenvalue weighted by molar-refractivity contribution is 6.18. The van der Waals surface area contributed by atoms with Gasteiger partial charge in [-0.2, -0.15) is 0 Å². The minimum absolute atomic E-state index is 0.258. The van der Waals surface area contributed by atoms with Crippen LogP contribution in [0.15, 0.2) is 60.7 Å². The van der Waals surface area contributed by atoms with Gasteiger partial charge in [0.05, 0.1) is 7.11 Å². The lowest BCUT2D eigenvalue weighted by atomic mass is 9.97. The summed E-state index contributed by atoms with van der Waals surface area (Å²) in [6.45, 7) is 0. The molecule has 1 aromatic heterocycles. The summed E-state index contributed by atoms with van der Waals surface area (Å²) < 4.78 is 19.3. The molecule has 0 aliphatic heterocycles. The smallest absolute Gasteiger partial charge is 0.355 e. The zero-order chi connectivity index (χ0) is 16.7. The highest BCUT2D eigenvalue weighted by atomic mass is 19.1. The number of benzene rings is 3. The Morgan fingerprint density at radius 2 is 1.75 bits per heavy atom. The molecule has 0 amide bonds. The lowest BCUT2D eigenvalue weighted by Crippen LogP contribution is -2.03. The van der Waals surface area contributed by atoms with Crippen LogP contribution in [-0.2, 0) is 4.74 Å². The van der Waals surface area contributed by atoms with Crippen LogP contribution in [-0.4, -0.2) is 18.1 Å². The largest absolute Gasteiger partial charge is 0.464 e. The second-order valence-corrected chi connectivity index (χ2v) is 5.56. The van der Waals surface area contributed by atoms with Crippen LogP contribution in [0.5, 0.6) is 0 Å². The topological polar surface area (TPSA) is 42.1 Å². The molecule has 24 heavy (non-hydrogen) atoms. The Balaban J connectivity index is 2.21. The van der Waals surface area contributed by atoms with Gasteiger partial charge < -0.3 is 9.72 Å². The molecule has 4 rings (SSSR count). The Hall–Kier alpha value is -3.14. The van der Waals surface area contributed by atoms with E-state index in [-0.39, 0.29) is 11.5 Å². The van der Waals surface area contributed by atoms with Crippen molar-refractivity contribution in [2.75, 3.05) is 7.11 Å². The van der Waals surface area contributed by atoms with Gasteiger partial charge in [-0.1, -0.05) is 48.5 Å². The van der Waals surface area contributed by atoms with Gasteiger partial charge in [0, 0.05) is 22.0 Å². The summed E-state index contributed by atoms with van der Waals surface area (Å²) in [4.78, 5) is 15.3. The van der Waals surface area contributed by atoms with Crippen LogP contribution in [0.4, 0.5) is 4.39 Å². The summed E-state index contributed by atoms with van der Waals surface area (Å²) in [6, 6.07) is 18.2. The number of methoxy groups -OCH3 is 1. The number of aromatic amines is 1. The SMILES string of the molecule is COC(=O)c1[nH]c2ccc3ccccc3c2c1-c1ccccc1F. The molecule has 118 valence electrons. The molecular weight excluding hydrogens is 305 g/mol. The van der Waals surface area contributed by atoms with Crippen LogP contribution in [0.1, 0.15) is 10.5 Å². The number of fused-ring (bicyclic) bond motifs is 3. The number of rotatable bonds is 2. The first-order valence-corrected chi connectivity index (χ1v) is 7.57. The van der Waals surface area contributed by atoms with Crippen LogP contribution in [0, 0.1) is 5.82 Å². The first-order chi connectivity index (χ1) is 11.7. The molecule has 0 aliphatic carbocycles. The van der Waals surface area contributed by atoms with Crippen molar-refractivity contribution in [1.29, 1.82) is 0 Å². The molecule has 4 aromatic rings. The number of carbonyl (C=O) groups is 1. The van der Waals surface area contributed by atoms with Crippen molar-refractivity contribution in [3.63, 3.8) is 0 Å². The van der Waals surface area contributed by atoms with Gasteiger partial charge in [0.1, 0.15) is 11.5 Å². The molecule has 3 aromatic carbocycles. The minimum atomic E-state index is -0.520. The lowest BCUT2D eigenvalue weighted by molar-refractivity contribution is 0.0596. The van der Waals surface area contributed by atoms with E-state index in [0.717, 1.165) is 21.7 Å². The number of nitrogens with one attached hydrogen (secondary N) is 1. The molecule has 0 bridgehead atoms. The molecule has 0 atom stereocenters. The number of hydrogen-bond donors (Lipinski definition) is 1. The van der Waals surface area contributed by atoms with Gasteiger partial charge in [-0.15, -0.1) is 0 Å². The van der Waals surface area contributed by atoms with E-state index in [2.05, 4.69) is 4.98 Å². The van der Waals surface area contributed by atoms with E-state index >= 15 is 0 Å². The van der Waals surface area contributed by atoms with Crippen LogP contribution in [0.3, 0.4) is 0 Å². The van der Waals surface area contributed by atoms with E-state index in [4.69, 9.17) is 4.74 Å². The van der Waals surface area contributed by atoms with Gasteiger partial charge in [0.25, 0.3) is 0 Å². The number of carbonyl (C=O) groups excluding carboxylic acids is 1. The fraction of sp³-hybridized carbons (Fsp3) is 0.0500. The van der Waals surface area contributed by atoms with Gasteiger partial charge in [-0.25, -0.2) is 9.18 Å². The van der Waals surface area contributed by atoms with E-state index in [9.17, 15) is 9.18 Å². The van der Waals surface area contributed by atoms with E-state index in [1.807, 2.05) is 36.4 Å². The fourth-order valence-corrected chi connectivity index (χ4v) is 3.16. The molecule has 0 aliphatic rings. The molecule has 0 saturated heterocycles. The highest BCUT2D eigenvalue weighted by Gasteiger charge is 2.23. The van der Waals surface area contributed by atoms with Gasteiger partial charge >= 0.3 is 5.97 Å². The zero-order valence-corrected chi connectivity index (χ0v) is 13.0. The Morgan fingerprint density at radius 1 is 1.00 bits per heavy atom. The van der Waals surface area contributed by atoms with Crippen LogP contribution < -0.4 is 0 Å². The van der Waals surface area contributed by atoms with E-state index < -0.39 is 5.97 Å². The summed E-state index contributed by atoms with van der Waals surface area (Å²) in [7, 11) is 1.32. The third-order valence-electron chi connectivity index (χ3n) is 4.22. The van der Waals surface area contributed by atoms with Crippen LogP contribution >= 0.6 is 0 Å².